The van der Waals surface area contributed by atoms with Gasteiger partial charge in [0.2, 0.25) is 11.8 Å². The zero-order valence-corrected chi connectivity index (χ0v) is 18.3. The average Bonchev–Trinajstić information content (AvgIpc) is 3.19. The molecule has 5 rings (SSSR count). The first-order valence-corrected chi connectivity index (χ1v) is 10.9. The molecule has 0 aliphatic carbocycles. The Morgan fingerprint density at radius 2 is 1.84 bits per heavy atom. The quantitative estimate of drug-likeness (QED) is 0.607. The van der Waals surface area contributed by atoms with Crippen LogP contribution >= 0.6 is 0 Å². The summed E-state index contributed by atoms with van der Waals surface area (Å²) in [5.74, 6) is 0.647. The van der Waals surface area contributed by atoms with Crippen molar-refractivity contribution in [2.24, 2.45) is 0 Å². The van der Waals surface area contributed by atoms with Crippen molar-refractivity contribution >= 4 is 22.7 Å². The second kappa shape index (κ2) is 8.31. The lowest BCUT2D eigenvalue weighted by molar-refractivity contribution is -0.158. The van der Waals surface area contributed by atoms with Crippen molar-refractivity contribution in [1.29, 1.82) is 0 Å². The molecule has 2 atom stereocenters. The van der Waals surface area contributed by atoms with E-state index >= 15 is 0 Å². The summed E-state index contributed by atoms with van der Waals surface area (Å²) in [7, 11) is 3.27. The number of H-pyrrole nitrogens is 1. The van der Waals surface area contributed by atoms with Gasteiger partial charge in [-0.3, -0.25) is 9.59 Å². The van der Waals surface area contributed by atoms with Crippen LogP contribution in [-0.4, -0.2) is 66.6 Å². The number of hydrogen-bond acceptors (Lipinski definition) is 4. The lowest BCUT2D eigenvalue weighted by Crippen LogP contribution is -2.63. The van der Waals surface area contributed by atoms with Gasteiger partial charge in [0, 0.05) is 48.8 Å². The van der Waals surface area contributed by atoms with Crippen LogP contribution in [-0.2, 0) is 20.7 Å². The number of nitrogens with one attached hydrogen (secondary N) is 1. The van der Waals surface area contributed by atoms with Crippen LogP contribution in [0.15, 0.2) is 48.5 Å². The van der Waals surface area contributed by atoms with Crippen LogP contribution in [0.2, 0.25) is 0 Å². The Balaban J connectivity index is 1.64. The van der Waals surface area contributed by atoms with Crippen molar-refractivity contribution in [2.75, 3.05) is 33.9 Å². The fourth-order valence-electron chi connectivity index (χ4n) is 5.13. The standard InChI is InChI=1S/C25H27N3O4/c1-31-13-7-12-27-15-22(29)28-20(25(27)30)14-18-16-8-3-5-10-19(16)26-23(18)24(28)17-9-4-6-11-21(17)32-2/h3-6,8-11,20,24,26H,7,12-15H2,1-2H3. The van der Waals surface area contributed by atoms with Crippen LogP contribution in [0.1, 0.15) is 29.3 Å². The Labute approximate surface area is 186 Å². The predicted molar refractivity (Wildman–Crippen MR) is 121 cm³/mol. The highest BCUT2D eigenvalue weighted by Crippen LogP contribution is 2.44. The largest absolute Gasteiger partial charge is 0.496 e. The number of nitrogens with zero attached hydrogens (tertiary/aromatic N) is 2. The SMILES string of the molecule is COCCCN1CC(=O)N2C(Cc3c([nH]c4ccccc34)C2c2ccccc2OC)C1=O. The molecule has 7 heteroatoms. The first kappa shape index (κ1) is 20.6. The Morgan fingerprint density at radius 3 is 2.66 bits per heavy atom. The monoisotopic (exact) mass is 433 g/mol. The Hall–Kier alpha value is -3.32. The summed E-state index contributed by atoms with van der Waals surface area (Å²) in [5.41, 5.74) is 3.94. The van der Waals surface area contributed by atoms with E-state index in [1.165, 1.54) is 0 Å². The van der Waals surface area contributed by atoms with Crippen LogP contribution in [0.3, 0.4) is 0 Å². The Kier molecular flexibility index (Phi) is 5.35. The van der Waals surface area contributed by atoms with Crippen LogP contribution in [0.5, 0.6) is 5.75 Å². The molecule has 166 valence electrons. The molecule has 3 aromatic rings. The van der Waals surface area contributed by atoms with E-state index in [0.29, 0.717) is 31.7 Å². The number of rotatable bonds is 6. The molecule has 3 heterocycles. The number of benzene rings is 2. The Bertz CT molecular complexity index is 1170. The number of fused-ring (bicyclic) bond motifs is 4. The van der Waals surface area contributed by atoms with E-state index in [9.17, 15) is 9.59 Å². The number of aromatic amines is 1. The van der Waals surface area contributed by atoms with Gasteiger partial charge in [-0.1, -0.05) is 36.4 Å². The number of aromatic nitrogens is 1. The number of methoxy groups -OCH3 is 2. The second-order valence-corrected chi connectivity index (χ2v) is 8.33. The Morgan fingerprint density at radius 1 is 1.06 bits per heavy atom. The lowest BCUT2D eigenvalue weighted by atomic mass is 9.86. The van der Waals surface area contributed by atoms with Gasteiger partial charge in [0.25, 0.3) is 0 Å². The van der Waals surface area contributed by atoms with Gasteiger partial charge in [0.1, 0.15) is 17.8 Å². The zero-order chi connectivity index (χ0) is 22.2. The molecule has 0 bridgehead atoms. The molecule has 1 aromatic heterocycles. The highest BCUT2D eigenvalue weighted by molar-refractivity contribution is 5.97. The highest BCUT2D eigenvalue weighted by atomic mass is 16.5. The summed E-state index contributed by atoms with van der Waals surface area (Å²) in [6.07, 6.45) is 1.20. The summed E-state index contributed by atoms with van der Waals surface area (Å²) >= 11 is 0. The minimum Gasteiger partial charge on any atom is -0.496 e. The maximum Gasteiger partial charge on any atom is 0.246 e. The molecular weight excluding hydrogens is 406 g/mol. The van der Waals surface area contributed by atoms with Gasteiger partial charge in [-0.25, -0.2) is 0 Å². The number of amides is 2. The molecule has 0 radical (unpaired) electrons. The molecule has 1 N–H and O–H groups in total. The van der Waals surface area contributed by atoms with E-state index in [0.717, 1.165) is 27.7 Å². The molecule has 0 saturated carbocycles. The number of piperazine rings is 1. The third-order valence-electron chi connectivity index (χ3n) is 6.55. The van der Waals surface area contributed by atoms with Crippen molar-refractivity contribution in [3.8, 4) is 5.75 Å². The van der Waals surface area contributed by atoms with Crippen molar-refractivity contribution in [1.82, 2.24) is 14.8 Å². The van der Waals surface area contributed by atoms with Crippen molar-refractivity contribution in [2.45, 2.75) is 24.9 Å². The maximum absolute atomic E-state index is 13.5. The molecule has 2 aliphatic rings. The van der Waals surface area contributed by atoms with Crippen molar-refractivity contribution in [3.05, 3.63) is 65.4 Å². The van der Waals surface area contributed by atoms with E-state index in [1.54, 1.807) is 24.0 Å². The molecule has 2 amide bonds. The lowest BCUT2D eigenvalue weighted by Gasteiger charge is -2.47. The van der Waals surface area contributed by atoms with Crippen molar-refractivity contribution < 1.29 is 19.1 Å². The predicted octanol–water partition coefficient (Wildman–Crippen LogP) is 2.90. The molecule has 1 saturated heterocycles. The first-order chi connectivity index (χ1) is 15.6. The van der Waals surface area contributed by atoms with E-state index in [-0.39, 0.29) is 18.4 Å². The van der Waals surface area contributed by atoms with E-state index in [2.05, 4.69) is 11.1 Å². The molecule has 0 spiro atoms. The highest BCUT2D eigenvalue weighted by Gasteiger charge is 2.48. The summed E-state index contributed by atoms with van der Waals surface area (Å²) in [6, 6.07) is 14.9. The molecule has 7 nitrogen and oxygen atoms in total. The molecular formula is C25H27N3O4. The third kappa shape index (κ3) is 3.24. The zero-order valence-electron chi connectivity index (χ0n) is 18.3. The molecule has 2 aliphatic heterocycles. The smallest absolute Gasteiger partial charge is 0.246 e. The average molecular weight is 434 g/mol. The maximum atomic E-state index is 13.5. The van der Waals surface area contributed by atoms with Crippen LogP contribution in [0.25, 0.3) is 10.9 Å². The van der Waals surface area contributed by atoms with Gasteiger partial charge in [-0.2, -0.15) is 0 Å². The van der Waals surface area contributed by atoms with Crippen LogP contribution < -0.4 is 4.74 Å². The van der Waals surface area contributed by atoms with Crippen LogP contribution in [0, 0.1) is 0 Å². The van der Waals surface area contributed by atoms with Gasteiger partial charge >= 0.3 is 0 Å². The first-order valence-electron chi connectivity index (χ1n) is 10.9. The topological polar surface area (TPSA) is 74.9 Å². The number of hydrogen-bond donors (Lipinski definition) is 1. The molecule has 2 aromatic carbocycles. The van der Waals surface area contributed by atoms with E-state index in [4.69, 9.17) is 9.47 Å². The van der Waals surface area contributed by atoms with Crippen LogP contribution in [0.4, 0.5) is 0 Å². The molecule has 32 heavy (non-hydrogen) atoms. The molecule has 2 unspecified atom stereocenters. The fraction of sp³-hybridized carbons (Fsp3) is 0.360. The van der Waals surface area contributed by atoms with Gasteiger partial charge in [0.05, 0.1) is 13.7 Å². The van der Waals surface area contributed by atoms with Gasteiger partial charge in [-0.15, -0.1) is 0 Å². The van der Waals surface area contributed by atoms with E-state index in [1.807, 2.05) is 42.5 Å². The number of carbonyl (C=O) groups excluding carboxylic acids is 2. The number of carbonyl (C=O) groups is 2. The minimum atomic E-state index is -0.541. The second-order valence-electron chi connectivity index (χ2n) is 8.33. The van der Waals surface area contributed by atoms with Gasteiger partial charge in [-0.05, 0) is 24.1 Å². The van der Waals surface area contributed by atoms with Gasteiger partial charge in [0.15, 0.2) is 0 Å². The van der Waals surface area contributed by atoms with E-state index < -0.39 is 12.1 Å². The number of ether oxygens (including phenoxy) is 2. The summed E-state index contributed by atoms with van der Waals surface area (Å²) in [6.45, 7) is 1.16. The summed E-state index contributed by atoms with van der Waals surface area (Å²) in [5, 5.41) is 1.10. The molecule has 1 fully saturated rings. The fourth-order valence-corrected chi connectivity index (χ4v) is 5.13. The minimum absolute atomic E-state index is 0.00321. The summed E-state index contributed by atoms with van der Waals surface area (Å²) in [4.78, 5) is 34.0. The third-order valence-corrected chi connectivity index (χ3v) is 6.55. The number of para-hydroxylation sites is 2. The van der Waals surface area contributed by atoms with Crippen molar-refractivity contribution in [3.63, 3.8) is 0 Å². The van der Waals surface area contributed by atoms with Gasteiger partial charge < -0.3 is 24.3 Å². The summed E-state index contributed by atoms with van der Waals surface area (Å²) < 4.78 is 10.8. The normalized spacial score (nSPS) is 20.4.